The van der Waals surface area contributed by atoms with Gasteiger partial charge in [-0.05, 0) is 62.1 Å². The van der Waals surface area contributed by atoms with Gasteiger partial charge in [-0.15, -0.1) is 0 Å². The van der Waals surface area contributed by atoms with Crippen molar-refractivity contribution >= 4 is 0 Å². The van der Waals surface area contributed by atoms with Gasteiger partial charge in [-0.25, -0.2) is 0 Å². The van der Waals surface area contributed by atoms with E-state index in [2.05, 4.69) is 46.9 Å². The summed E-state index contributed by atoms with van der Waals surface area (Å²) in [7, 11) is 0. The second kappa shape index (κ2) is 8.00. The maximum absolute atomic E-state index is 6.07. The van der Waals surface area contributed by atoms with E-state index >= 15 is 0 Å². The van der Waals surface area contributed by atoms with Crippen molar-refractivity contribution in [3.05, 3.63) is 65.5 Å². The summed E-state index contributed by atoms with van der Waals surface area (Å²) in [5.74, 6) is 0.973. The Bertz CT molecular complexity index is 828. The Hall–Kier alpha value is -2.04. The van der Waals surface area contributed by atoms with E-state index < -0.39 is 0 Å². The first-order valence-electron chi connectivity index (χ1n) is 11.3. The van der Waals surface area contributed by atoms with Crippen molar-refractivity contribution in [1.82, 2.24) is 14.7 Å². The standard InChI is InChI=1S/C25H33N3O/c1-3-26-13-14-27(15-16-29-21-10-5-4-6-11-21)25-23-17-20-9-7-8-12-22(20)28(23)18-19(2)24(25)26/h4-6,8,10-12,18,23-25H,3,7,9,13-17H2,1-2H3/t23-,24?,25-/m0/s1. The smallest absolute Gasteiger partial charge is 0.119 e. The van der Waals surface area contributed by atoms with Gasteiger partial charge in [0.1, 0.15) is 12.4 Å². The molecule has 0 N–H and O–H groups in total. The van der Waals surface area contributed by atoms with Crippen LogP contribution in [0.3, 0.4) is 0 Å². The molecule has 1 aromatic carbocycles. The first kappa shape index (κ1) is 19.0. The van der Waals surface area contributed by atoms with Gasteiger partial charge in [-0.3, -0.25) is 9.80 Å². The lowest BCUT2D eigenvalue weighted by molar-refractivity contribution is -0.00864. The zero-order chi connectivity index (χ0) is 19.8. The first-order chi connectivity index (χ1) is 14.3. The summed E-state index contributed by atoms with van der Waals surface area (Å²) in [5, 5.41) is 0. The molecule has 3 heterocycles. The molecule has 0 bridgehead atoms. The van der Waals surface area contributed by atoms with Crippen LogP contribution in [-0.4, -0.2) is 65.6 Å². The van der Waals surface area contributed by atoms with Crippen molar-refractivity contribution in [3.8, 4) is 5.75 Å². The molecule has 0 aromatic heterocycles. The van der Waals surface area contributed by atoms with Gasteiger partial charge in [0.15, 0.2) is 0 Å². The molecule has 29 heavy (non-hydrogen) atoms. The van der Waals surface area contributed by atoms with E-state index in [-0.39, 0.29) is 0 Å². The molecule has 1 aromatic rings. The van der Waals surface area contributed by atoms with Gasteiger partial charge in [0.25, 0.3) is 0 Å². The van der Waals surface area contributed by atoms with E-state index in [1.54, 1.807) is 5.57 Å². The quantitative estimate of drug-likeness (QED) is 0.754. The number of ether oxygens (including phenoxy) is 1. The molecule has 154 valence electrons. The highest BCUT2D eigenvalue weighted by atomic mass is 16.5. The fourth-order valence-corrected chi connectivity index (χ4v) is 5.83. The van der Waals surface area contributed by atoms with Crippen molar-refractivity contribution in [2.24, 2.45) is 0 Å². The lowest BCUT2D eigenvalue weighted by Gasteiger charge is -2.54. The van der Waals surface area contributed by atoms with Gasteiger partial charge in [0.05, 0.1) is 12.1 Å². The summed E-state index contributed by atoms with van der Waals surface area (Å²) in [4.78, 5) is 8.01. The summed E-state index contributed by atoms with van der Waals surface area (Å²) in [6.45, 7) is 9.80. The van der Waals surface area contributed by atoms with Crippen molar-refractivity contribution in [3.63, 3.8) is 0 Å². The van der Waals surface area contributed by atoms with Crippen molar-refractivity contribution in [1.29, 1.82) is 0 Å². The van der Waals surface area contributed by atoms with Crippen molar-refractivity contribution in [2.75, 3.05) is 32.8 Å². The second-order valence-electron chi connectivity index (χ2n) is 8.74. The van der Waals surface area contributed by atoms with Crippen LogP contribution in [0.4, 0.5) is 0 Å². The zero-order valence-electron chi connectivity index (χ0n) is 17.8. The number of likely N-dealkylation sites (N-methyl/N-ethyl adjacent to an activating group) is 1. The lowest BCUT2D eigenvalue weighted by Crippen LogP contribution is -2.67. The first-order valence-corrected chi connectivity index (χ1v) is 11.3. The normalized spacial score (nSPS) is 29.4. The number of hydrogen-bond acceptors (Lipinski definition) is 4. The predicted molar refractivity (Wildman–Crippen MR) is 118 cm³/mol. The number of benzene rings is 1. The largest absolute Gasteiger partial charge is 0.492 e. The molecule has 0 radical (unpaired) electrons. The van der Waals surface area contributed by atoms with E-state index in [9.17, 15) is 0 Å². The van der Waals surface area contributed by atoms with Crippen LogP contribution in [0.5, 0.6) is 5.75 Å². The molecule has 1 fully saturated rings. The highest BCUT2D eigenvalue weighted by Gasteiger charge is 2.48. The Kier molecular flexibility index (Phi) is 5.23. The van der Waals surface area contributed by atoms with Gasteiger partial charge in [-0.2, -0.15) is 0 Å². The van der Waals surface area contributed by atoms with E-state index in [4.69, 9.17) is 4.74 Å². The molecule has 0 amide bonds. The summed E-state index contributed by atoms with van der Waals surface area (Å²) in [6.07, 6.45) is 10.8. The van der Waals surface area contributed by atoms with E-state index in [0.29, 0.717) is 18.1 Å². The van der Waals surface area contributed by atoms with Crippen LogP contribution in [0.2, 0.25) is 0 Å². The zero-order valence-corrected chi connectivity index (χ0v) is 17.8. The molecule has 5 rings (SSSR count). The van der Waals surface area contributed by atoms with E-state index in [0.717, 1.165) is 38.5 Å². The third-order valence-corrected chi connectivity index (χ3v) is 7.15. The maximum atomic E-state index is 6.07. The van der Waals surface area contributed by atoms with Crippen LogP contribution in [-0.2, 0) is 0 Å². The summed E-state index contributed by atoms with van der Waals surface area (Å²) < 4.78 is 6.07. The average molecular weight is 392 g/mol. The van der Waals surface area contributed by atoms with Gasteiger partial charge in [-0.1, -0.05) is 31.2 Å². The predicted octanol–water partition coefficient (Wildman–Crippen LogP) is 4.04. The SMILES string of the molecule is CCN1CCN(CCOc2ccccc2)[C@@H]2C1C(C)=CN1C3=C(CCC=C3)C[C@@H]21. The van der Waals surface area contributed by atoms with Gasteiger partial charge < -0.3 is 9.64 Å². The number of para-hydroxylation sites is 1. The molecule has 1 saturated heterocycles. The topological polar surface area (TPSA) is 19.0 Å². The number of fused-ring (bicyclic) bond motifs is 4. The van der Waals surface area contributed by atoms with Crippen LogP contribution >= 0.6 is 0 Å². The molecule has 4 nitrogen and oxygen atoms in total. The van der Waals surface area contributed by atoms with E-state index in [1.165, 1.54) is 30.5 Å². The molecule has 4 aliphatic rings. The van der Waals surface area contributed by atoms with Crippen LogP contribution in [0.25, 0.3) is 0 Å². The number of hydrogen-bond donors (Lipinski definition) is 0. The molecular weight excluding hydrogens is 358 g/mol. The lowest BCUT2D eigenvalue weighted by atomic mass is 9.84. The van der Waals surface area contributed by atoms with Crippen molar-refractivity contribution in [2.45, 2.75) is 51.2 Å². The van der Waals surface area contributed by atoms with Gasteiger partial charge >= 0.3 is 0 Å². The molecule has 1 unspecified atom stereocenters. The summed E-state index contributed by atoms with van der Waals surface area (Å²) >= 11 is 0. The molecule has 4 heteroatoms. The molecular formula is C25H33N3O. The van der Waals surface area contributed by atoms with E-state index in [1.807, 2.05) is 30.3 Å². The summed E-state index contributed by atoms with van der Waals surface area (Å²) in [5.41, 5.74) is 4.65. The van der Waals surface area contributed by atoms with Crippen LogP contribution in [0, 0.1) is 0 Å². The van der Waals surface area contributed by atoms with Crippen molar-refractivity contribution < 1.29 is 4.74 Å². The molecule has 1 aliphatic carbocycles. The summed E-state index contributed by atoms with van der Waals surface area (Å²) in [6, 6.07) is 11.8. The third-order valence-electron chi connectivity index (χ3n) is 7.15. The molecule has 0 spiro atoms. The Balaban J connectivity index is 1.37. The highest BCUT2D eigenvalue weighted by Crippen LogP contribution is 2.43. The number of piperazine rings is 1. The van der Waals surface area contributed by atoms with Crippen LogP contribution < -0.4 is 4.74 Å². The fraction of sp³-hybridized carbons (Fsp3) is 0.520. The Morgan fingerprint density at radius 2 is 1.93 bits per heavy atom. The fourth-order valence-electron chi connectivity index (χ4n) is 5.83. The number of allylic oxidation sites excluding steroid dienone is 2. The Labute approximate surface area is 175 Å². The monoisotopic (exact) mass is 391 g/mol. The Morgan fingerprint density at radius 3 is 2.76 bits per heavy atom. The maximum Gasteiger partial charge on any atom is 0.119 e. The number of rotatable bonds is 5. The average Bonchev–Trinajstić information content (AvgIpc) is 3.13. The number of nitrogens with zero attached hydrogens (tertiary/aromatic N) is 3. The molecule has 3 atom stereocenters. The van der Waals surface area contributed by atoms with Gasteiger partial charge in [0.2, 0.25) is 0 Å². The minimum Gasteiger partial charge on any atom is -0.492 e. The minimum atomic E-state index is 0.525. The third kappa shape index (κ3) is 3.43. The molecule has 3 aliphatic heterocycles. The second-order valence-corrected chi connectivity index (χ2v) is 8.74. The van der Waals surface area contributed by atoms with Crippen LogP contribution in [0.15, 0.2) is 65.5 Å². The highest BCUT2D eigenvalue weighted by molar-refractivity contribution is 5.40. The minimum absolute atomic E-state index is 0.525. The Morgan fingerprint density at radius 1 is 1.10 bits per heavy atom. The van der Waals surface area contributed by atoms with Gasteiger partial charge in [0, 0.05) is 37.6 Å². The molecule has 0 saturated carbocycles. The van der Waals surface area contributed by atoms with Crippen LogP contribution in [0.1, 0.15) is 33.1 Å².